The Morgan fingerprint density at radius 3 is 2.64 bits per heavy atom. The van der Waals surface area contributed by atoms with Crippen LogP contribution in [0, 0.1) is 5.92 Å². The summed E-state index contributed by atoms with van der Waals surface area (Å²) >= 11 is 0. The molecular weight excluding hydrogens is 176 g/mol. The fourth-order valence-electron chi connectivity index (χ4n) is 1.55. The van der Waals surface area contributed by atoms with Crippen LogP contribution >= 0.6 is 0 Å². The zero-order valence-corrected chi connectivity index (χ0v) is 7.85. The molecule has 1 aromatic rings. The lowest BCUT2D eigenvalue weighted by molar-refractivity contribution is -0.139. The molecule has 1 aromatic carbocycles. The van der Waals surface area contributed by atoms with Crippen molar-refractivity contribution in [3.8, 4) is 0 Å². The number of cyclic esters (lactones) is 1. The van der Waals surface area contributed by atoms with Gasteiger partial charge >= 0.3 is 5.97 Å². The van der Waals surface area contributed by atoms with Gasteiger partial charge in [0.05, 0.1) is 12.2 Å². The van der Waals surface area contributed by atoms with Gasteiger partial charge in [-0.1, -0.05) is 30.3 Å². The monoisotopic (exact) mass is 188 g/mol. The summed E-state index contributed by atoms with van der Waals surface area (Å²) in [7, 11) is 0. The molecule has 1 aliphatic rings. The Hall–Kier alpha value is -1.57. The van der Waals surface area contributed by atoms with Crippen LogP contribution in [0.2, 0.25) is 0 Å². The molecule has 0 spiro atoms. The van der Waals surface area contributed by atoms with E-state index in [2.05, 4.69) is 12.1 Å². The van der Waals surface area contributed by atoms with Crippen LogP contribution in [0.15, 0.2) is 42.7 Å². The largest absolute Gasteiger partial charge is 0.434 e. The summed E-state index contributed by atoms with van der Waals surface area (Å²) in [5, 5.41) is 0. The lowest BCUT2D eigenvalue weighted by Gasteiger charge is -2.04. The van der Waals surface area contributed by atoms with E-state index in [0.29, 0.717) is 0 Å². The van der Waals surface area contributed by atoms with Crippen LogP contribution < -0.4 is 0 Å². The van der Waals surface area contributed by atoms with Gasteiger partial charge in [0.15, 0.2) is 0 Å². The van der Waals surface area contributed by atoms with Crippen LogP contribution in [-0.2, 0) is 16.0 Å². The van der Waals surface area contributed by atoms with E-state index >= 15 is 0 Å². The molecule has 0 N–H and O–H groups in total. The molecule has 0 aliphatic carbocycles. The molecule has 0 aromatic heterocycles. The third-order valence-electron chi connectivity index (χ3n) is 2.38. The van der Waals surface area contributed by atoms with Gasteiger partial charge in [-0.25, -0.2) is 0 Å². The highest BCUT2D eigenvalue weighted by Crippen LogP contribution is 2.17. The van der Waals surface area contributed by atoms with Crippen molar-refractivity contribution in [3.05, 3.63) is 48.2 Å². The van der Waals surface area contributed by atoms with Gasteiger partial charge in [0.2, 0.25) is 0 Å². The van der Waals surface area contributed by atoms with Gasteiger partial charge in [-0.15, -0.1) is 0 Å². The van der Waals surface area contributed by atoms with Crippen LogP contribution in [0.4, 0.5) is 0 Å². The van der Waals surface area contributed by atoms with Crippen molar-refractivity contribution in [2.75, 3.05) is 0 Å². The maximum Gasteiger partial charge on any atom is 0.317 e. The summed E-state index contributed by atoms with van der Waals surface area (Å²) in [6.07, 6.45) is 5.06. The predicted molar refractivity (Wildman–Crippen MR) is 53.5 cm³/mol. The van der Waals surface area contributed by atoms with Gasteiger partial charge in [0.1, 0.15) is 0 Å². The Morgan fingerprint density at radius 2 is 2.00 bits per heavy atom. The Kier molecular flexibility index (Phi) is 2.63. The minimum absolute atomic E-state index is 0.0461. The van der Waals surface area contributed by atoms with Crippen LogP contribution in [-0.4, -0.2) is 5.97 Å². The van der Waals surface area contributed by atoms with E-state index in [9.17, 15) is 4.79 Å². The molecular formula is C12H12O2. The van der Waals surface area contributed by atoms with Crippen LogP contribution in [0.25, 0.3) is 0 Å². The molecule has 2 nitrogen and oxygen atoms in total. The molecule has 14 heavy (non-hydrogen) atoms. The number of carbonyl (C=O) groups is 1. The zero-order valence-electron chi connectivity index (χ0n) is 7.85. The van der Waals surface area contributed by atoms with Crippen molar-refractivity contribution in [2.45, 2.75) is 12.8 Å². The molecule has 0 fully saturated rings. The van der Waals surface area contributed by atoms with Gasteiger partial charge < -0.3 is 4.74 Å². The fourth-order valence-corrected chi connectivity index (χ4v) is 1.55. The predicted octanol–water partition coefficient (Wildman–Crippen LogP) is 2.31. The van der Waals surface area contributed by atoms with Gasteiger partial charge in [0, 0.05) is 0 Å². The number of esters is 1. The first-order chi connectivity index (χ1) is 6.86. The van der Waals surface area contributed by atoms with E-state index in [1.54, 1.807) is 0 Å². The molecule has 1 heterocycles. The normalized spacial score (nSPS) is 19.7. The maximum absolute atomic E-state index is 11.1. The Morgan fingerprint density at radius 1 is 1.21 bits per heavy atom. The van der Waals surface area contributed by atoms with E-state index in [1.165, 1.54) is 11.8 Å². The summed E-state index contributed by atoms with van der Waals surface area (Å²) < 4.78 is 4.73. The molecule has 1 unspecified atom stereocenters. The molecule has 0 saturated carbocycles. The highest BCUT2D eigenvalue weighted by molar-refractivity contribution is 5.77. The maximum atomic E-state index is 11.1. The van der Waals surface area contributed by atoms with Gasteiger partial charge in [-0.2, -0.15) is 0 Å². The van der Waals surface area contributed by atoms with Crippen LogP contribution in [0.5, 0.6) is 0 Å². The molecule has 0 bridgehead atoms. The van der Waals surface area contributed by atoms with E-state index in [1.807, 2.05) is 24.3 Å². The molecule has 0 saturated heterocycles. The minimum atomic E-state index is -0.124. The first-order valence-electron chi connectivity index (χ1n) is 4.77. The summed E-state index contributed by atoms with van der Waals surface area (Å²) in [5.41, 5.74) is 1.26. The summed E-state index contributed by atoms with van der Waals surface area (Å²) in [6, 6.07) is 10.2. The molecule has 1 atom stereocenters. The summed E-state index contributed by atoms with van der Waals surface area (Å²) in [5.74, 6) is -0.170. The van der Waals surface area contributed by atoms with E-state index in [-0.39, 0.29) is 11.9 Å². The van der Waals surface area contributed by atoms with Crippen molar-refractivity contribution < 1.29 is 9.53 Å². The van der Waals surface area contributed by atoms with Crippen LogP contribution in [0.3, 0.4) is 0 Å². The Labute approximate surface area is 83.2 Å². The first-order valence-corrected chi connectivity index (χ1v) is 4.77. The third kappa shape index (κ3) is 2.02. The van der Waals surface area contributed by atoms with Crippen molar-refractivity contribution in [1.82, 2.24) is 0 Å². The topological polar surface area (TPSA) is 26.3 Å². The number of aryl methyl sites for hydroxylation is 1. The molecule has 0 radical (unpaired) electrons. The lowest BCUT2D eigenvalue weighted by Crippen LogP contribution is -2.08. The molecule has 72 valence electrons. The lowest BCUT2D eigenvalue weighted by atomic mass is 10.0. The van der Waals surface area contributed by atoms with Gasteiger partial charge in [-0.3, -0.25) is 4.79 Å². The summed E-state index contributed by atoms with van der Waals surface area (Å²) in [6.45, 7) is 0. The quantitative estimate of drug-likeness (QED) is 0.680. The highest BCUT2D eigenvalue weighted by Gasteiger charge is 2.20. The zero-order chi connectivity index (χ0) is 9.80. The van der Waals surface area contributed by atoms with Crippen molar-refractivity contribution in [1.29, 1.82) is 0 Å². The SMILES string of the molecule is O=C1OC=CC1CCc1ccccc1. The van der Waals surface area contributed by atoms with E-state index in [0.717, 1.165) is 12.8 Å². The smallest absolute Gasteiger partial charge is 0.317 e. The molecule has 1 aliphatic heterocycles. The fraction of sp³-hybridized carbons (Fsp3) is 0.250. The second-order valence-corrected chi connectivity index (χ2v) is 3.40. The average Bonchev–Trinajstić information content (AvgIpc) is 2.63. The number of benzene rings is 1. The van der Waals surface area contributed by atoms with Gasteiger partial charge in [-0.05, 0) is 24.5 Å². The minimum Gasteiger partial charge on any atom is -0.434 e. The van der Waals surface area contributed by atoms with Crippen molar-refractivity contribution >= 4 is 5.97 Å². The molecule has 0 amide bonds. The van der Waals surface area contributed by atoms with E-state index < -0.39 is 0 Å². The number of hydrogen-bond donors (Lipinski definition) is 0. The van der Waals surface area contributed by atoms with Crippen LogP contribution in [0.1, 0.15) is 12.0 Å². The van der Waals surface area contributed by atoms with Crippen molar-refractivity contribution in [2.24, 2.45) is 5.92 Å². The number of carbonyl (C=O) groups excluding carboxylic acids is 1. The highest BCUT2D eigenvalue weighted by atomic mass is 16.5. The van der Waals surface area contributed by atoms with E-state index in [4.69, 9.17) is 4.74 Å². The molecule has 2 rings (SSSR count). The van der Waals surface area contributed by atoms with Crippen molar-refractivity contribution in [3.63, 3.8) is 0 Å². The Bertz CT molecular complexity index is 341. The standard InChI is InChI=1S/C12H12O2/c13-12-11(8-9-14-12)7-6-10-4-2-1-3-5-10/h1-5,8-9,11H,6-7H2. The number of ether oxygens (including phenoxy) is 1. The molecule has 2 heteroatoms. The summed E-state index contributed by atoms with van der Waals surface area (Å²) in [4.78, 5) is 11.1. The Balaban J connectivity index is 1.89. The second kappa shape index (κ2) is 4.09. The number of rotatable bonds is 3. The third-order valence-corrected chi connectivity index (χ3v) is 2.38. The first kappa shape index (κ1) is 9.00. The average molecular weight is 188 g/mol. The van der Waals surface area contributed by atoms with Gasteiger partial charge in [0.25, 0.3) is 0 Å². The second-order valence-electron chi connectivity index (χ2n) is 3.40. The number of hydrogen-bond acceptors (Lipinski definition) is 2.